The van der Waals surface area contributed by atoms with E-state index in [1.54, 1.807) is 59.5 Å². The predicted molar refractivity (Wildman–Crippen MR) is 280 cm³/mol. The van der Waals surface area contributed by atoms with Crippen molar-refractivity contribution in [3.05, 3.63) is 173 Å². The van der Waals surface area contributed by atoms with Crippen LogP contribution in [0, 0.1) is 35.0 Å². The molecule has 3 aliphatic rings. The van der Waals surface area contributed by atoms with Crippen LogP contribution in [0.15, 0.2) is 129 Å². The van der Waals surface area contributed by atoms with Crippen LogP contribution in [0.1, 0.15) is 109 Å². The molecule has 5 atom stereocenters. The van der Waals surface area contributed by atoms with E-state index in [9.17, 15) is 28.7 Å². The fourth-order valence-electron chi connectivity index (χ4n) is 10.4. The molecule has 0 saturated heterocycles. The highest BCUT2D eigenvalue weighted by Gasteiger charge is 2.48. The van der Waals surface area contributed by atoms with Gasteiger partial charge in [-0.2, -0.15) is 15.5 Å². The third-order valence-corrected chi connectivity index (χ3v) is 14.4. The standard InChI is InChI=1S/C22H17N3O5.C20H23F2N3O.C15H18ClN3O/c1-27-13-17(22(26)28-2)16-8-4-6-10-19(16)30-21-11-20(24-14-25-21)29-18-9-5-3-7-15(18)12-23;1-10(2)16-12-7-8-13(16)17-11(12)5-4-6-15(17)23-20(26)14-9-25(3)24-18(14)19(21)22;1-11(12-2-3-12)15(20,8-19-10-17-9-18-19)13-4-6-14(16)7-5-13/h3-11,13-14H,1-2H3;4-6,9-10,12-13,16,19H,7-8H2,1-3H3,(H,23,26);4-7,9-12,20H,2-3,8H2,1H3/b17-13+;;/t;12-,13-,16?;/m.0./s1. The number of nitrogens with zero attached hydrogens (tertiary/aromatic N) is 8. The summed E-state index contributed by atoms with van der Waals surface area (Å²) in [5.41, 5.74) is 3.70. The van der Waals surface area contributed by atoms with Crippen molar-refractivity contribution in [3.63, 3.8) is 0 Å². The van der Waals surface area contributed by atoms with Crippen molar-refractivity contribution in [1.29, 1.82) is 5.26 Å². The SMILES string of the molecule is CC(C)C1[C@@H]2CC[C@H]1c1cccc(NC(=O)c3cn(C)nc3C(F)F)c12.CC(C1CC1)C(O)(Cn1cncn1)c1ccc(Cl)cc1.CO/C=C(/C(=O)OC)c1ccccc1Oc1cc(Oc2ccccc2C#N)ncn1. The fourth-order valence-corrected chi connectivity index (χ4v) is 10.6. The van der Waals surface area contributed by atoms with E-state index < -0.39 is 29.6 Å². The molecule has 0 aliphatic heterocycles. The van der Waals surface area contributed by atoms with Gasteiger partial charge >= 0.3 is 5.97 Å². The Labute approximate surface area is 444 Å². The molecule has 3 aliphatic carbocycles. The number of hydrogen-bond donors (Lipinski definition) is 2. The average molecular weight is 1050 g/mol. The maximum atomic E-state index is 13.2. The van der Waals surface area contributed by atoms with Gasteiger partial charge in [0.15, 0.2) is 0 Å². The van der Waals surface area contributed by atoms with Crippen molar-refractivity contribution in [2.75, 3.05) is 19.5 Å². The van der Waals surface area contributed by atoms with Crippen molar-refractivity contribution in [1.82, 2.24) is 34.5 Å². The van der Waals surface area contributed by atoms with Crippen LogP contribution in [-0.4, -0.2) is 65.7 Å². The minimum absolute atomic E-state index is 0.0660. The van der Waals surface area contributed by atoms with Crippen LogP contribution in [0.5, 0.6) is 23.3 Å². The molecule has 2 N–H and O–H groups in total. The molecule has 10 rings (SSSR count). The topological polar surface area (TPSA) is 201 Å². The van der Waals surface area contributed by atoms with Crippen LogP contribution < -0.4 is 14.8 Å². The molecule has 394 valence electrons. The Morgan fingerprint density at radius 2 is 1.58 bits per heavy atom. The number of amides is 1. The molecule has 0 spiro atoms. The van der Waals surface area contributed by atoms with E-state index in [2.05, 4.69) is 63.4 Å². The van der Waals surface area contributed by atoms with Gasteiger partial charge in [-0.25, -0.2) is 33.2 Å². The summed E-state index contributed by atoms with van der Waals surface area (Å²) >= 11 is 5.95. The quantitative estimate of drug-likeness (QED) is 0.0526. The van der Waals surface area contributed by atoms with Gasteiger partial charge in [0, 0.05) is 29.5 Å². The lowest BCUT2D eigenvalue weighted by Gasteiger charge is -2.35. The lowest BCUT2D eigenvalue weighted by Crippen LogP contribution is -2.39. The third-order valence-electron chi connectivity index (χ3n) is 14.1. The van der Waals surface area contributed by atoms with Crippen LogP contribution in [0.2, 0.25) is 5.02 Å². The predicted octanol–water partition coefficient (Wildman–Crippen LogP) is 11.8. The number of hydrogen-bond acceptors (Lipinski definition) is 13. The molecule has 3 unspecified atom stereocenters. The molecule has 0 radical (unpaired) electrons. The number of aryl methyl sites for hydroxylation is 1. The molecule has 4 aromatic carbocycles. The number of fused-ring (bicyclic) bond motifs is 5. The Morgan fingerprint density at radius 1 is 0.895 bits per heavy atom. The van der Waals surface area contributed by atoms with E-state index in [1.165, 1.54) is 87.5 Å². The summed E-state index contributed by atoms with van der Waals surface area (Å²) in [6.45, 7) is 7.03. The molecule has 19 heteroatoms. The molecule has 76 heavy (non-hydrogen) atoms. The lowest BCUT2D eigenvalue weighted by atomic mass is 9.79. The van der Waals surface area contributed by atoms with E-state index in [1.807, 2.05) is 36.4 Å². The number of nitriles is 1. The highest BCUT2D eigenvalue weighted by atomic mass is 35.5. The van der Waals surface area contributed by atoms with Crippen molar-refractivity contribution in [2.24, 2.45) is 30.7 Å². The number of methoxy groups -OCH3 is 2. The Bertz CT molecular complexity index is 3210. The largest absolute Gasteiger partial charge is 0.503 e. The van der Waals surface area contributed by atoms with Crippen LogP contribution in [0.25, 0.3) is 5.57 Å². The lowest BCUT2D eigenvalue weighted by molar-refractivity contribution is -0.133. The number of alkyl halides is 2. The first kappa shape index (κ1) is 54.3. The molecule has 2 fully saturated rings. The Morgan fingerprint density at radius 3 is 2.22 bits per heavy atom. The number of carbonyl (C=O) groups is 2. The number of esters is 1. The summed E-state index contributed by atoms with van der Waals surface area (Å²) in [6, 6.07) is 30.6. The summed E-state index contributed by atoms with van der Waals surface area (Å²) < 4.78 is 50.7. The highest BCUT2D eigenvalue weighted by Crippen LogP contribution is 2.61. The van der Waals surface area contributed by atoms with Gasteiger partial charge in [0.25, 0.3) is 12.3 Å². The van der Waals surface area contributed by atoms with Crippen LogP contribution in [0.3, 0.4) is 0 Å². The molecular formula is C57H58ClF2N9O7. The Balaban J connectivity index is 0.000000154. The van der Waals surface area contributed by atoms with Crippen molar-refractivity contribution in [3.8, 4) is 29.3 Å². The number of aromatic nitrogens is 7. The zero-order valence-corrected chi connectivity index (χ0v) is 43.6. The number of para-hydroxylation sites is 2. The van der Waals surface area contributed by atoms with E-state index in [4.69, 9.17) is 30.5 Å². The second-order valence-corrected chi connectivity index (χ2v) is 19.6. The number of nitrogens with one attached hydrogen (secondary N) is 1. The second-order valence-electron chi connectivity index (χ2n) is 19.2. The maximum absolute atomic E-state index is 13.2. The summed E-state index contributed by atoms with van der Waals surface area (Å²) in [4.78, 5) is 36.9. The van der Waals surface area contributed by atoms with E-state index in [0.29, 0.717) is 63.8 Å². The van der Waals surface area contributed by atoms with Crippen LogP contribution >= 0.6 is 11.6 Å². The van der Waals surface area contributed by atoms with Gasteiger partial charge in [-0.1, -0.05) is 87.0 Å². The zero-order valence-electron chi connectivity index (χ0n) is 42.8. The molecule has 16 nitrogen and oxygen atoms in total. The first-order valence-electron chi connectivity index (χ1n) is 24.8. The Kier molecular flexibility index (Phi) is 17.2. The monoisotopic (exact) mass is 1050 g/mol. The normalized spacial score (nSPS) is 17.5. The van der Waals surface area contributed by atoms with Gasteiger partial charge in [-0.15, -0.1) is 0 Å². The molecule has 3 heterocycles. The van der Waals surface area contributed by atoms with Crippen LogP contribution in [0.4, 0.5) is 14.5 Å². The van der Waals surface area contributed by atoms with E-state index >= 15 is 0 Å². The summed E-state index contributed by atoms with van der Waals surface area (Å²) in [7, 11) is 4.25. The molecule has 1 amide bonds. The number of ether oxygens (including phenoxy) is 4. The number of benzene rings is 4. The third kappa shape index (κ3) is 12.2. The van der Waals surface area contributed by atoms with Crippen molar-refractivity contribution < 1.29 is 42.4 Å². The highest BCUT2D eigenvalue weighted by molar-refractivity contribution is 6.30. The molecule has 3 aromatic heterocycles. The van der Waals surface area contributed by atoms with Crippen LogP contribution in [-0.2, 0) is 33.5 Å². The summed E-state index contributed by atoms with van der Waals surface area (Å²) in [6.07, 6.45) is 8.95. The number of rotatable bonds is 16. The van der Waals surface area contributed by atoms with Gasteiger partial charge in [-0.05, 0) is 114 Å². The number of aliphatic hydroxyl groups is 1. The number of carbonyl (C=O) groups excluding carboxylic acids is 2. The number of halogens is 3. The number of anilines is 1. The second kappa shape index (κ2) is 24.1. The molecule has 2 saturated carbocycles. The molecule has 2 bridgehead atoms. The average Bonchev–Trinajstić information content (AvgIpc) is 3.71. The fraction of sp³-hybridized carbons (Fsp3) is 0.333. The summed E-state index contributed by atoms with van der Waals surface area (Å²) in [5, 5.41) is 31.9. The maximum Gasteiger partial charge on any atom is 0.341 e. The minimum atomic E-state index is -2.78. The van der Waals surface area contributed by atoms with E-state index in [-0.39, 0.29) is 28.8 Å². The minimum Gasteiger partial charge on any atom is -0.503 e. The molecule has 7 aromatic rings. The first-order chi connectivity index (χ1) is 36.6. The van der Waals surface area contributed by atoms with Gasteiger partial charge < -0.3 is 29.4 Å². The first-order valence-corrected chi connectivity index (χ1v) is 25.2. The Hall–Kier alpha value is -8.01. The summed E-state index contributed by atoms with van der Waals surface area (Å²) in [5.74, 6) is 2.91. The van der Waals surface area contributed by atoms with Gasteiger partial charge in [0.05, 0.1) is 44.2 Å². The van der Waals surface area contributed by atoms with E-state index in [0.717, 1.165) is 17.7 Å². The van der Waals surface area contributed by atoms with Crippen molar-refractivity contribution >= 4 is 34.7 Å². The van der Waals surface area contributed by atoms with Crippen molar-refractivity contribution in [2.45, 2.75) is 76.9 Å². The van der Waals surface area contributed by atoms with Gasteiger partial charge in [0.1, 0.15) is 53.4 Å². The smallest absolute Gasteiger partial charge is 0.341 e. The zero-order chi connectivity index (χ0) is 54.1. The van der Waals surface area contributed by atoms with Gasteiger partial charge in [0.2, 0.25) is 11.8 Å². The van der Waals surface area contributed by atoms with Gasteiger partial charge in [-0.3, -0.25) is 9.48 Å². The molecular weight excluding hydrogens is 996 g/mol.